The lowest BCUT2D eigenvalue weighted by Gasteiger charge is -2.01. The maximum absolute atomic E-state index is 4.95. The number of aryl methyl sites for hydroxylation is 2. The van der Waals surface area contributed by atoms with Crippen LogP contribution in [0.15, 0.2) is 24.9 Å². The molecule has 7 heteroatoms. The maximum Gasteiger partial charge on any atom is 0.0964 e. The summed E-state index contributed by atoms with van der Waals surface area (Å²) >= 11 is 0. The first-order chi connectivity index (χ1) is 8.88. The normalized spacial score (nSPS) is 10.9. The Bertz CT molecular complexity index is 438. The van der Waals surface area contributed by atoms with Crippen molar-refractivity contribution in [1.82, 2.24) is 29.9 Å². The SMILES string of the molecule is COCCNCc1cn(CCn2ccnc2)nn1. The molecule has 0 aromatic carbocycles. The van der Waals surface area contributed by atoms with Crippen LogP contribution in [0.3, 0.4) is 0 Å². The van der Waals surface area contributed by atoms with Crippen molar-refractivity contribution in [3.8, 4) is 0 Å². The molecular weight excluding hydrogens is 232 g/mol. The molecule has 2 aromatic rings. The molecule has 2 heterocycles. The Morgan fingerprint density at radius 3 is 3.11 bits per heavy atom. The molecule has 0 bridgehead atoms. The van der Waals surface area contributed by atoms with Crippen LogP contribution in [0.5, 0.6) is 0 Å². The summed E-state index contributed by atoms with van der Waals surface area (Å²) in [7, 11) is 1.69. The quantitative estimate of drug-likeness (QED) is 0.663. The Kier molecular flexibility index (Phi) is 4.86. The van der Waals surface area contributed by atoms with Gasteiger partial charge in [0.25, 0.3) is 0 Å². The van der Waals surface area contributed by atoms with E-state index >= 15 is 0 Å². The van der Waals surface area contributed by atoms with Gasteiger partial charge in [-0.2, -0.15) is 0 Å². The van der Waals surface area contributed by atoms with E-state index in [2.05, 4.69) is 20.6 Å². The highest BCUT2D eigenvalue weighted by Crippen LogP contribution is 1.94. The average molecular weight is 250 g/mol. The van der Waals surface area contributed by atoms with E-state index in [0.717, 1.165) is 25.3 Å². The van der Waals surface area contributed by atoms with Crippen molar-refractivity contribution in [1.29, 1.82) is 0 Å². The lowest BCUT2D eigenvalue weighted by Crippen LogP contribution is -2.18. The van der Waals surface area contributed by atoms with Crippen molar-refractivity contribution in [2.45, 2.75) is 19.6 Å². The number of rotatable bonds is 8. The van der Waals surface area contributed by atoms with E-state index in [1.54, 1.807) is 19.6 Å². The zero-order valence-corrected chi connectivity index (χ0v) is 10.5. The van der Waals surface area contributed by atoms with Gasteiger partial charge in [-0.1, -0.05) is 5.21 Å². The minimum absolute atomic E-state index is 0.703. The van der Waals surface area contributed by atoms with Gasteiger partial charge in [0.1, 0.15) is 0 Å². The number of methoxy groups -OCH3 is 1. The highest BCUT2D eigenvalue weighted by molar-refractivity contribution is 4.91. The van der Waals surface area contributed by atoms with Crippen molar-refractivity contribution in [3.63, 3.8) is 0 Å². The van der Waals surface area contributed by atoms with Crippen LogP contribution < -0.4 is 5.32 Å². The van der Waals surface area contributed by atoms with Crippen LogP contribution in [-0.4, -0.2) is 44.8 Å². The lowest BCUT2D eigenvalue weighted by molar-refractivity contribution is 0.199. The molecule has 2 aromatic heterocycles. The predicted octanol–water partition coefficient (Wildman–Crippen LogP) is -0.0892. The van der Waals surface area contributed by atoms with Crippen molar-refractivity contribution >= 4 is 0 Å². The zero-order chi connectivity index (χ0) is 12.6. The predicted molar refractivity (Wildman–Crippen MR) is 65.8 cm³/mol. The lowest BCUT2D eigenvalue weighted by atomic mass is 10.4. The Labute approximate surface area is 106 Å². The summed E-state index contributed by atoms with van der Waals surface area (Å²) in [4.78, 5) is 3.99. The number of hydrogen-bond donors (Lipinski definition) is 1. The second-order valence-electron chi connectivity index (χ2n) is 3.94. The Morgan fingerprint density at radius 1 is 1.39 bits per heavy atom. The van der Waals surface area contributed by atoms with Crippen LogP contribution in [0, 0.1) is 0 Å². The van der Waals surface area contributed by atoms with E-state index in [1.165, 1.54) is 0 Å². The van der Waals surface area contributed by atoms with Crippen molar-refractivity contribution < 1.29 is 4.74 Å². The fourth-order valence-electron chi connectivity index (χ4n) is 1.56. The molecule has 0 aliphatic rings. The number of nitrogens with one attached hydrogen (secondary N) is 1. The molecule has 0 spiro atoms. The van der Waals surface area contributed by atoms with E-state index in [1.807, 2.05) is 21.6 Å². The highest BCUT2D eigenvalue weighted by atomic mass is 16.5. The highest BCUT2D eigenvalue weighted by Gasteiger charge is 2.00. The van der Waals surface area contributed by atoms with Gasteiger partial charge in [0, 0.05) is 45.3 Å². The fraction of sp³-hybridized carbons (Fsp3) is 0.545. The second-order valence-corrected chi connectivity index (χ2v) is 3.94. The van der Waals surface area contributed by atoms with E-state index in [9.17, 15) is 0 Å². The summed E-state index contributed by atoms with van der Waals surface area (Å²) in [6, 6.07) is 0. The largest absolute Gasteiger partial charge is 0.383 e. The summed E-state index contributed by atoms with van der Waals surface area (Å²) < 4.78 is 8.81. The van der Waals surface area contributed by atoms with Crippen LogP contribution in [0.4, 0.5) is 0 Å². The van der Waals surface area contributed by atoms with Crippen molar-refractivity contribution in [2.24, 2.45) is 0 Å². The molecule has 0 saturated carbocycles. The van der Waals surface area contributed by atoms with Gasteiger partial charge in [-0.05, 0) is 0 Å². The molecule has 2 rings (SSSR count). The Balaban J connectivity index is 1.72. The Hall–Kier alpha value is -1.73. The molecule has 0 aliphatic heterocycles. The molecule has 0 fully saturated rings. The molecule has 0 aliphatic carbocycles. The Morgan fingerprint density at radius 2 is 2.33 bits per heavy atom. The van der Waals surface area contributed by atoms with Gasteiger partial charge in [-0.15, -0.1) is 5.10 Å². The molecule has 0 unspecified atom stereocenters. The summed E-state index contributed by atoms with van der Waals surface area (Å²) in [5, 5.41) is 11.4. The molecule has 98 valence electrons. The van der Waals surface area contributed by atoms with E-state index < -0.39 is 0 Å². The van der Waals surface area contributed by atoms with Crippen molar-refractivity contribution in [2.75, 3.05) is 20.3 Å². The van der Waals surface area contributed by atoms with Gasteiger partial charge in [-0.25, -0.2) is 4.98 Å². The van der Waals surface area contributed by atoms with Gasteiger partial charge in [0.05, 0.1) is 25.2 Å². The fourth-order valence-corrected chi connectivity index (χ4v) is 1.56. The maximum atomic E-state index is 4.95. The van der Waals surface area contributed by atoms with Crippen LogP contribution in [-0.2, 0) is 24.4 Å². The summed E-state index contributed by atoms with van der Waals surface area (Å²) in [5.74, 6) is 0. The van der Waals surface area contributed by atoms with Crippen LogP contribution in [0.1, 0.15) is 5.69 Å². The number of nitrogens with zero attached hydrogens (tertiary/aromatic N) is 5. The molecule has 1 N–H and O–H groups in total. The molecule has 0 radical (unpaired) electrons. The van der Waals surface area contributed by atoms with E-state index in [-0.39, 0.29) is 0 Å². The van der Waals surface area contributed by atoms with Crippen molar-refractivity contribution in [3.05, 3.63) is 30.6 Å². The first-order valence-corrected chi connectivity index (χ1v) is 5.93. The van der Waals surface area contributed by atoms with E-state index in [4.69, 9.17) is 4.74 Å². The molecule has 0 atom stereocenters. The molecule has 0 saturated heterocycles. The summed E-state index contributed by atoms with van der Waals surface area (Å²) in [6.07, 6.45) is 7.46. The molecule has 0 amide bonds. The third-order valence-corrected chi connectivity index (χ3v) is 2.52. The zero-order valence-electron chi connectivity index (χ0n) is 10.5. The van der Waals surface area contributed by atoms with E-state index in [0.29, 0.717) is 13.2 Å². The number of aromatic nitrogens is 5. The van der Waals surface area contributed by atoms with Crippen LogP contribution in [0.25, 0.3) is 0 Å². The molecule has 7 nitrogen and oxygen atoms in total. The van der Waals surface area contributed by atoms with Gasteiger partial charge in [-0.3, -0.25) is 4.68 Å². The van der Waals surface area contributed by atoms with Gasteiger partial charge in [0.15, 0.2) is 0 Å². The smallest absolute Gasteiger partial charge is 0.0964 e. The standard InChI is InChI=1S/C11H18N6O/c1-18-7-3-12-8-11-9-17(15-14-11)6-5-16-4-2-13-10-16/h2,4,9-10,12H,3,5-8H2,1H3. The average Bonchev–Trinajstić information content (AvgIpc) is 3.03. The monoisotopic (exact) mass is 250 g/mol. The van der Waals surface area contributed by atoms with Crippen LogP contribution in [0.2, 0.25) is 0 Å². The molecular formula is C11H18N6O. The van der Waals surface area contributed by atoms with Gasteiger partial charge >= 0.3 is 0 Å². The number of hydrogen-bond acceptors (Lipinski definition) is 5. The second kappa shape index (κ2) is 6.87. The number of ether oxygens (including phenoxy) is 1. The topological polar surface area (TPSA) is 69.8 Å². The minimum atomic E-state index is 0.703. The first-order valence-electron chi connectivity index (χ1n) is 5.93. The van der Waals surface area contributed by atoms with Crippen LogP contribution >= 0.6 is 0 Å². The third kappa shape index (κ3) is 3.94. The third-order valence-electron chi connectivity index (χ3n) is 2.52. The summed E-state index contributed by atoms with van der Waals surface area (Å²) in [6.45, 7) is 3.88. The summed E-state index contributed by atoms with van der Waals surface area (Å²) in [5.41, 5.74) is 0.941. The van der Waals surface area contributed by atoms with Gasteiger partial charge in [0.2, 0.25) is 0 Å². The first kappa shape index (κ1) is 12.7. The number of imidazole rings is 1. The molecule has 18 heavy (non-hydrogen) atoms. The van der Waals surface area contributed by atoms with Gasteiger partial charge < -0.3 is 14.6 Å². The minimum Gasteiger partial charge on any atom is -0.383 e.